The number of sulfonamides is 1. The maximum absolute atomic E-state index is 12.1. The third-order valence-electron chi connectivity index (χ3n) is 2.53. The van der Waals surface area contributed by atoms with Crippen LogP contribution in [-0.4, -0.2) is 52.2 Å². The monoisotopic (exact) mass is 365 g/mol. The zero-order chi connectivity index (χ0) is 17.0. The summed E-state index contributed by atoms with van der Waals surface area (Å²) in [5.41, 5.74) is 0. The van der Waals surface area contributed by atoms with E-state index in [1.807, 2.05) is 0 Å². The van der Waals surface area contributed by atoms with E-state index in [0.717, 1.165) is 17.6 Å². The summed E-state index contributed by atoms with van der Waals surface area (Å²) in [5, 5.41) is 10.4. The Balaban J connectivity index is 3.12. The third-order valence-corrected chi connectivity index (χ3v) is 6.34. The Kier molecular flexibility index (Phi) is 6.07. The minimum Gasteiger partial charge on any atom is -0.272 e. The molecule has 22 heavy (non-hydrogen) atoms. The fourth-order valence-corrected chi connectivity index (χ4v) is 4.72. The van der Waals surface area contributed by atoms with Crippen LogP contribution in [-0.2, 0) is 24.7 Å². The molecule has 1 heterocycles. The average molecular weight is 365 g/mol. The molecule has 0 aliphatic rings. The standard InChI is InChI=1S/C11H15N3O5S3/c1-3-14(8-12)11(15)9(7-21(2,16)17)13-22(18,19)10-5-4-6-20-10/h4-6,9,13H,3,7H2,1-2H3. The number of nitrogens with zero attached hydrogens (tertiary/aromatic N) is 2. The highest BCUT2D eigenvalue weighted by Gasteiger charge is 2.32. The van der Waals surface area contributed by atoms with Crippen LogP contribution in [0.4, 0.5) is 0 Å². The van der Waals surface area contributed by atoms with Crippen molar-refractivity contribution in [1.29, 1.82) is 5.26 Å². The molecular formula is C11H15N3O5S3. The van der Waals surface area contributed by atoms with Crippen LogP contribution in [0.15, 0.2) is 21.7 Å². The van der Waals surface area contributed by atoms with Gasteiger partial charge < -0.3 is 0 Å². The molecule has 1 aromatic rings. The van der Waals surface area contributed by atoms with Crippen LogP contribution in [0.1, 0.15) is 6.92 Å². The summed E-state index contributed by atoms with van der Waals surface area (Å²) in [5.74, 6) is -1.63. The van der Waals surface area contributed by atoms with Crippen LogP contribution in [0, 0.1) is 11.5 Å². The summed E-state index contributed by atoms with van der Waals surface area (Å²) in [6, 6.07) is 1.29. The van der Waals surface area contributed by atoms with E-state index in [4.69, 9.17) is 5.26 Å². The van der Waals surface area contributed by atoms with Crippen molar-refractivity contribution in [2.45, 2.75) is 17.2 Å². The summed E-state index contributed by atoms with van der Waals surface area (Å²) in [7, 11) is -7.68. The molecule has 1 unspecified atom stereocenters. The largest absolute Gasteiger partial charge is 0.272 e. The molecule has 1 atom stereocenters. The van der Waals surface area contributed by atoms with E-state index in [2.05, 4.69) is 4.72 Å². The molecule has 1 aromatic heterocycles. The highest BCUT2D eigenvalue weighted by Crippen LogP contribution is 2.16. The molecule has 0 radical (unpaired) electrons. The Bertz CT molecular complexity index is 762. The van der Waals surface area contributed by atoms with Crippen LogP contribution in [0.25, 0.3) is 0 Å². The second-order valence-corrected chi connectivity index (χ2v) is 9.45. The third kappa shape index (κ3) is 5.06. The van der Waals surface area contributed by atoms with E-state index in [1.54, 1.807) is 6.19 Å². The first-order valence-electron chi connectivity index (χ1n) is 6.05. The van der Waals surface area contributed by atoms with Gasteiger partial charge in [-0.1, -0.05) is 6.07 Å². The Morgan fingerprint density at radius 2 is 2.09 bits per heavy atom. The SMILES string of the molecule is CCN(C#N)C(=O)C(CS(C)(=O)=O)NS(=O)(=O)c1cccs1. The second kappa shape index (κ2) is 7.19. The first-order chi connectivity index (χ1) is 10.1. The molecule has 0 saturated heterocycles. The zero-order valence-corrected chi connectivity index (χ0v) is 14.3. The average Bonchev–Trinajstić information content (AvgIpc) is 2.92. The fourth-order valence-electron chi connectivity index (χ4n) is 1.58. The minimum absolute atomic E-state index is 0.0102. The van der Waals surface area contributed by atoms with Crippen LogP contribution in [0.3, 0.4) is 0 Å². The van der Waals surface area contributed by atoms with Crippen LogP contribution >= 0.6 is 11.3 Å². The Hall–Kier alpha value is -1.48. The topological polar surface area (TPSA) is 124 Å². The van der Waals surface area contributed by atoms with Crippen LogP contribution in [0.2, 0.25) is 0 Å². The molecule has 8 nitrogen and oxygen atoms in total. The van der Waals surface area contributed by atoms with Crippen molar-refractivity contribution in [2.75, 3.05) is 18.6 Å². The number of nitrogens with one attached hydrogen (secondary N) is 1. The van der Waals surface area contributed by atoms with E-state index in [1.165, 1.54) is 24.4 Å². The van der Waals surface area contributed by atoms with E-state index < -0.39 is 37.6 Å². The van der Waals surface area contributed by atoms with Gasteiger partial charge in [0.15, 0.2) is 6.19 Å². The van der Waals surface area contributed by atoms with Gasteiger partial charge in [-0.15, -0.1) is 11.3 Å². The van der Waals surface area contributed by atoms with Crippen molar-refractivity contribution in [3.63, 3.8) is 0 Å². The van der Waals surface area contributed by atoms with Crippen molar-refractivity contribution in [1.82, 2.24) is 9.62 Å². The van der Waals surface area contributed by atoms with Crippen molar-refractivity contribution in [3.05, 3.63) is 17.5 Å². The van der Waals surface area contributed by atoms with Crippen LogP contribution < -0.4 is 4.72 Å². The van der Waals surface area contributed by atoms with Crippen molar-refractivity contribution >= 4 is 37.1 Å². The normalized spacial score (nSPS) is 13.3. The zero-order valence-electron chi connectivity index (χ0n) is 11.9. The van der Waals surface area contributed by atoms with Gasteiger partial charge >= 0.3 is 0 Å². The molecule has 0 spiro atoms. The number of amides is 1. The van der Waals surface area contributed by atoms with Gasteiger partial charge in [0.05, 0.1) is 5.75 Å². The summed E-state index contributed by atoms with van der Waals surface area (Å²) in [4.78, 5) is 12.8. The quantitative estimate of drug-likeness (QED) is 0.526. The number of thiophene rings is 1. The second-order valence-electron chi connectivity index (χ2n) is 4.38. The summed E-state index contributed by atoms with van der Waals surface area (Å²) in [6.07, 6.45) is 2.48. The molecular weight excluding hydrogens is 350 g/mol. The van der Waals surface area contributed by atoms with E-state index in [9.17, 15) is 21.6 Å². The number of sulfone groups is 1. The summed E-state index contributed by atoms with van der Waals surface area (Å²) in [6.45, 7) is 1.53. The molecule has 0 aliphatic heterocycles. The van der Waals surface area contributed by atoms with E-state index in [-0.39, 0.29) is 10.8 Å². The lowest BCUT2D eigenvalue weighted by Crippen LogP contribution is -2.50. The van der Waals surface area contributed by atoms with Crippen molar-refractivity contribution in [2.24, 2.45) is 0 Å². The summed E-state index contributed by atoms with van der Waals surface area (Å²) >= 11 is 0.932. The summed E-state index contributed by atoms with van der Waals surface area (Å²) < 4.78 is 49.2. The molecule has 0 saturated carbocycles. The predicted molar refractivity (Wildman–Crippen MR) is 81.1 cm³/mol. The number of likely N-dealkylation sites (N-methyl/N-ethyl adjacent to an activating group) is 1. The predicted octanol–water partition coefficient (Wildman–Crippen LogP) is -0.231. The fraction of sp³-hybridized carbons (Fsp3) is 0.455. The van der Waals surface area contributed by atoms with Crippen molar-refractivity contribution < 1.29 is 21.6 Å². The van der Waals surface area contributed by atoms with E-state index in [0.29, 0.717) is 4.90 Å². The molecule has 0 aromatic carbocycles. The molecule has 1 amide bonds. The number of rotatable bonds is 7. The first kappa shape index (κ1) is 18.6. The number of hydrogen-bond acceptors (Lipinski definition) is 7. The van der Waals surface area contributed by atoms with Gasteiger partial charge in [-0.3, -0.25) is 4.79 Å². The van der Waals surface area contributed by atoms with Gasteiger partial charge in [0.1, 0.15) is 20.1 Å². The van der Waals surface area contributed by atoms with Crippen LogP contribution in [0.5, 0.6) is 0 Å². The smallest absolute Gasteiger partial charge is 0.254 e. The molecule has 1 N–H and O–H groups in total. The Morgan fingerprint density at radius 3 is 2.50 bits per heavy atom. The maximum atomic E-state index is 12.1. The molecule has 0 fully saturated rings. The first-order valence-corrected chi connectivity index (χ1v) is 10.5. The minimum atomic E-state index is -4.04. The van der Waals surface area contributed by atoms with Gasteiger partial charge in [-0.25, -0.2) is 21.7 Å². The molecule has 122 valence electrons. The van der Waals surface area contributed by atoms with Gasteiger partial charge in [-0.2, -0.15) is 9.98 Å². The Morgan fingerprint density at radius 1 is 1.45 bits per heavy atom. The number of carbonyl (C=O) groups excluding carboxylic acids is 1. The lowest BCUT2D eigenvalue weighted by atomic mass is 10.3. The van der Waals surface area contributed by atoms with Gasteiger partial charge in [0, 0.05) is 12.8 Å². The van der Waals surface area contributed by atoms with Gasteiger partial charge in [0.25, 0.3) is 15.9 Å². The number of carbonyl (C=O) groups is 1. The number of nitriles is 1. The molecule has 0 aliphatic carbocycles. The number of hydrogen-bond donors (Lipinski definition) is 1. The lowest BCUT2D eigenvalue weighted by Gasteiger charge is -2.20. The highest BCUT2D eigenvalue weighted by molar-refractivity contribution is 7.92. The highest BCUT2D eigenvalue weighted by atomic mass is 32.2. The molecule has 0 bridgehead atoms. The molecule has 11 heteroatoms. The molecule has 1 rings (SSSR count). The Labute approximate surface area is 133 Å². The van der Waals surface area contributed by atoms with Crippen molar-refractivity contribution in [3.8, 4) is 6.19 Å². The van der Waals surface area contributed by atoms with Gasteiger partial charge in [0.2, 0.25) is 0 Å². The maximum Gasteiger partial charge on any atom is 0.254 e. The van der Waals surface area contributed by atoms with E-state index >= 15 is 0 Å². The lowest BCUT2D eigenvalue weighted by molar-refractivity contribution is -0.129. The van der Waals surface area contributed by atoms with Gasteiger partial charge in [-0.05, 0) is 18.4 Å².